The lowest BCUT2D eigenvalue weighted by Gasteiger charge is -2.18. The molecule has 5 aromatic rings. The molecule has 0 aliphatic rings. The fourth-order valence-electron chi connectivity index (χ4n) is 4.62. The van der Waals surface area contributed by atoms with Crippen LogP contribution in [-0.2, 0) is 13.1 Å². The van der Waals surface area contributed by atoms with Gasteiger partial charge in [0.05, 0.1) is 35.7 Å². The Balaban J connectivity index is 1.14. The normalized spacial score (nSPS) is 11.2. The molecular weight excluding hydrogens is 576 g/mol. The van der Waals surface area contributed by atoms with Gasteiger partial charge in [-0.25, -0.2) is 9.13 Å². The molecule has 5 rings (SSSR count). The molecular formula is C36H36N8O2+2. The zero-order valence-electron chi connectivity index (χ0n) is 25.9. The zero-order chi connectivity index (χ0) is 32.1. The lowest BCUT2D eigenvalue weighted by Crippen LogP contribution is -2.41. The summed E-state index contributed by atoms with van der Waals surface area (Å²) in [5.74, 6) is 1.12. The number of benzene rings is 3. The van der Waals surface area contributed by atoms with Crippen LogP contribution in [0, 0.1) is 0 Å². The van der Waals surface area contributed by atoms with Crippen molar-refractivity contribution in [2.24, 2.45) is 20.5 Å². The quantitative estimate of drug-likeness (QED) is 0.117. The van der Waals surface area contributed by atoms with E-state index in [2.05, 4.69) is 20.5 Å². The highest BCUT2D eigenvalue weighted by Gasteiger charge is 2.18. The van der Waals surface area contributed by atoms with E-state index in [1.54, 1.807) is 48.2 Å². The molecule has 10 heteroatoms. The average Bonchev–Trinajstić information content (AvgIpc) is 3.12. The van der Waals surface area contributed by atoms with Crippen molar-refractivity contribution in [3.8, 4) is 0 Å². The summed E-state index contributed by atoms with van der Waals surface area (Å²) in [6.45, 7) is 2.02. The molecule has 46 heavy (non-hydrogen) atoms. The van der Waals surface area contributed by atoms with Gasteiger partial charge in [0.15, 0.2) is 0 Å². The van der Waals surface area contributed by atoms with Crippen LogP contribution in [0.25, 0.3) is 0 Å². The van der Waals surface area contributed by atoms with Crippen LogP contribution in [0.15, 0.2) is 154 Å². The highest BCUT2D eigenvalue weighted by molar-refractivity contribution is 5.97. The van der Waals surface area contributed by atoms with E-state index in [-0.39, 0.29) is 11.8 Å². The Hall–Kier alpha value is -5.90. The number of hydrogen-bond acceptors (Lipinski definition) is 6. The largest absolute Gasteiger partial charge is 0.350 e. The molecule has 2 heterocycles. The van der Waals surface area contributed by atoms with Crippen LogP contribution in [0.3, 0.4) is 0 Å². The van der Waals surface area contributed by atoms with Crippen molar-refractivity contribution in [1.82, 2.24) is 9.80 Å². The molecule has 2 amide bonds. The first kappa shape index (κ1) is 31.5. The smallest absolute Gasteiger partial charge is 0.338 e. The predicted molar refractivity (Wildman–Crippen MR) is 175 cm³/mol. The minimum absolute atomic E-state index is 0.131. The number of carbonyl (C=O) groups is 2. The maximum Gasteiger partial charge on any atom is 0.350 e. The molecule has 0 spiro atoms. The average molecular weight is 613 g/mol. The number of hydrogen-bond donors (Lipinski definition) is 0. The standard InChI is InChI=1S/C36H36N8O2/c1-41(25-27-43-23-11-9-17-33(43)39-37-31-13-5-3-6-14-31)35(45)29-19-21-30(22-20-29)36(46)42(2)26-28-44-24-12-10-18-34(44)40-38-32-15-7-4-8-16-32/h3-24H,25-28H2,1-2H3/q+2. The lowest BCUT2D eigenvalue weighted by molar-refractivity contribution is -0.683. The third-order valence-electron chi connectivity index (χ3n) is 7.31. The second kappa shape index (κ2) is 15.7. The summed E-state index contributed by atoms with van der Waals surface area (Å²) in [5.41, 5.74) is 2.56. The summed E-state index contributed by atoms with van der Waals surface area (Å²) in [6, 6.07) is 37.3. The molecule has 3 aromatic carbocycles. The van der Waals surface area contributed by atoms with Crippen LogP contribution in [0.2, 0.25) is 0 Å². The summed E-state index contributed by atoms with van der Waals surface area (Å²) in [6.07, 6.45) is 3.83. The molecule has 230 valence electrons. The van der Waals surface area contributed by atoms with Gasteiger partial charge in [-0.15, -0.1) is 0 Å². The number of aromatic nitrogens is 2. The topological polar surface area (TPSA) is 97.8 Å². The van der Waals surface area contributed by atoms with Gasteiger partial charge in [-0.3, -0.25) is 9.59 Å². The van der Waals surface area contributed by atoms with Crippen molar-refractivity contribution in [2.75, 3.05) is 27.2 Å². The van der Waals surface area contributed by atoms with Gasteiger partial charge in [0.25, 0.3) is 11.8 Å². The molecule has 0 bridgehead atoms. The van der Waals surface area contributed by atoms with E-state index in [0.29, 0.717) is 48.9 Å². The molecule has 0 aliphatic carbocycles. The Morgan fingerprint density at radius 3 is 1.26 bits per heavy atom. The van der Waals surface area contributed by atoms with Gasteiger partial charge in [-0.2, -0.15) is 0 Å². The van der Waals surface area contributed by atoms with E-state index in [1.165, 1.54) is 0 Å². The molecule has 0 saturated carbocycles. The minimum atomic E-state index is -0.131. The van der Waals surface area contributed by atoms with Gasteiger partial charge in [0.1, 0.15) is 24.5 Å². The molecule has 0 saturated heterocycles. The molecule has 2 aromatic heterocycles. The Morgan fingerprint density at radius 2 is 0.870 bits per heavy atom. The molecule has 0 unspecified atom stereocenters. The first-order chi connectivity index (χ1) is 22.5. The van der Waals surface area contributed by atoms with E-state index < -0.39 is 0 Å². The van der Waals surface area contributed by atoms with Gasteiger partial charge in [0, 0.05) is 37.4 Å². The number of pyridine rings is 2. The molecule has 0 aliphatic heterocycles. The van der Waals surface area contributed by atoms with Crippen molar-refractivity contribution in [1.29, 1.82) is 0 Å². The maximum atomic E-state index is 13.2. The van der Waals surface area contributed by atoms with E-state index in [1.807, 2.05) is 119 Å². The number of amides is 2. The third kappa shape index (κ3) is 8.60. The van der Waals surface area contributed by atoms with Crippen LogP contribution >= 0.6 is 0 Å². The third-order valence-corrected chi connectivity index (χ3v) is 7.31. The molecule has 10 nitrogen and oxygen atoms in total. The fourth-order valence-corrected chi connectivity index (χ4v) is 4.62. The number of likely N-dealkylation sites (N-methyl/N-ethyl adjacent to an activating group) is 2. The van der Waals surface area contributed by atoms with E-state index in [0.717, 1.165) is 11.4 Å². The van der Waals surface area contributed by atoms with Crippen molar-refractivity contribution in [3.05, 3.63) is 145 Å². The summed E-state index contributed by atoms with van der Waals surface area (Å²) in [5, 5.41) is 17.4. The highest BCUT2D eigenvalue weighted by atomic mass is 16.2. The predicted octanol–water partition coefficient (Wildman–Crippen LogP) is 6.64. The zero-order valence-corrected chi connectivity index (χ0v) is 25.9. The van der Waals surface area contributed by atoms with Crippen LogP contribution < -0.4 is 9.13 Å². The number of rotatable bonds is 12. The summed E-state index contributed by atoms with van der Waals surface area (Å²) < 4.78 is 3.91. The van der Waals surface area contributed by atoms with E-state index >= 15 is 0 Å². The van der Waals surface area contributed by atoms with E-state index in [4.69, 9.17) is 0 Å². The van der Waals surface area contributed by atoms with Crippen molar-refractivity contribution in [3.63, 3.8) is 0 Å². The van der Waals surface area contributed by atoms with Crippen molar-refractivity contribution < 1.29 is 18.7 Å². The second-order valence-corrected chi connectivity index (χ2v) is 10.6. The monoisotopic (exact) mass is 612 g/mol. The van der Waals surface area contributed by atoms with Gasteiger partial charge < -0.3 is 9.80 Å². The molecule has 0 atom stereocenters. The van der Waals surface area contributed by atoms with Crippen LogP contribution in [0.5, 0.6) is 0 Å². The highest BCUT2D eigenvalue weighted by Crippen LogP contribution is 2.16. The summed E-state index contributed by atoms with van der Waals surface area (Å²) in [4.78, 5) is 29.7. The molecule has 0 radical (unpaired) electrons. The summed E-state index contributed by atoms with van der Waals surface area (Å²) >= 11 is 0. The minimum Gasteiger partial charge on any atom is -0.338 e. The van der Waals surface area contributed by atoms with Gasteiger partial charge in [-0.05, 0) is 70.9 Å². The number of carbonyl (C=O) groups excluding carboxylic acids is 2. The van der Waals surface area contributed by atoms with Crippen molar-refractivity contribution >= 4 is 34.8 Å². The lowest BCUT2D eigenvalue weighted by atomic mass is 10.1. The van der Waals surface area contributed by atoms with Crippen LogP contribution in [0.1, 0.15) is 20.7 Å². The molecule has 0 N–H and O–H groups in total. The first-order valence-corrected chi connectivity index (χ1v) is 15.0. The Kier molecular flexibility index (Phi) is 10.8. The molecule has 0 fully saturated rings. The Labute approximate surface area is 268 Å². The Bertz CT molecular complexity index is 1680. The fraction of sp³-hybridized carbons (Fsp3) is 0.167. The second-order valence-electron chi connectivity index (χ2n) is 10.6. The maximum absolute atomic E-state index is 13.2. The summed E-state index contributed by atoms with van der Waals surface area (Å²) in [7, 11) is 3.53. The van der Waals surface area contributed by atoms with Crippen molar-refractivity contribution in [2.45, 2.75) is 13.1 Å². The van der Waals surface area contributed by atoms with Gasteiger partial charge in [0.2, 0.25) is 0 Å². The SMILES string of the molecule is CN(CC[n+]1ccccc1N=Nc1ccccc1)C(=O)c1ccc(C(=O)N(C)CC[n+]2ccccc2N=Nc2ccccc2)cc1. The van der Waals surface area contributed by atoms with E-state index in [9.17, 15) is 9.59 Å². The number of nitrogens with zero attached hydrogens (tertiary/aromatic N) is 8. The van der Waals surface area contributed by atoms with Gasteiger partial charge >= 0.3 is 11.6 Å². The first-order valence-electron chi connectivity index (χ1n) is 15.0. The van der Waals surface area contributed by atoms with Gasteiger partial charge in [-0.1, -0.05) is 48.5 Å². The number of azo groups is 2. The van der Waals surface area contributed by atoms with Crippen LogP contribution in [0.4, 0.5) is 23.0 Å². The van der Waals surface area contributed by atoms with Crippen LogP contribution in [-0.4, -0.2) is 48.8 Å². The Morgan fingerprint density at radius 1 is 0.500 bits per heavy atom.